The lowest BCUT2D eigenvalue weighted by atomic mass is 10.2. The Balaban J connectivity index is 2.58. The summed E-state index contributed by atoms with van der Waals surface area (Å²) in [6.45, 7) is 6.30. The predicted octanol–water partition coefficient (Wildman–Crippen LogP) is 3.03. The molecule has 0 heterocycles. The quantitative estimate of drug-likeness (QED) is 0.365. The van der Waals surface area contributed by atoms with E-state index >= 15 is 0 Å². The first-order chi connectivity index (χ1) is 10.6. The third-order valence-corrected chi connectivity index (χ3v) is 2.46. The van der Waals surface area contributed by atoms with E-state index in [2.05, 4.69) is 4.99 Å². The molecule has 0 bridgehead atoms. The minimum Gasteiger partial charge on any atom is -0.456 e. The second-order valence-electron chi connectivity index (χ2n) is 5.68. The Bertz CT molecular complexity index is 628. The maximum atomic E-state index is 11.7. The standard InChI is InChI=1S/C15H18N2O6/c1-10(16-14(19)23-15(2,3)4)13(18)22-9-11-5-7-12(8-6-11)17(20)21/h5-8H,9H2,1-4H3. The molecule has 0 aliphatic heterocycles. The van der Waals surface area contributed by atoms with E-state index in [1.807, 2.05) is 0 Å². The van der Waals surface area contributed by atoms with Crippen LogP contribution in [0.25, 0.3) is 0 Å². The number of amides is 1. The van der Waals surface area contributed by atoms with E-state index in [0.717, 1.165) is 0 Å². The number of ether oxygens (including phenoxy) is 2. The molecule has 0 aromatic heterocycles. The van der Waals surface area contributed by atoms with Gasteiger partial charge in [0.1, 0.15) is 17.9 Å². The van der Waals surface area contributed by atoms with Gasteiger partial charge in [0.15, 0.2) is 0 Å². The first kappa shape index (κ1) is 18.3. The second kappa shape index (κ2) is 7.48. The average Bonchev–Trinajstić information content (AvgIpc) is 2.42. The van der Waals surface area contributed by atoms with Crippen molar-refractivity contribution in [3.05, 3.63) is 39.9 Å². The number of non-ortho nitro benzene ring substituents is 1. The van der Waals surface area contributed by atoms with Crippen molar-refractivity contribution in [3.63, 3.8) is 0 Å². The zero-order chi connectivity index (χ0) is 17.6. The van der Waals surface area contributed by atoms with Gasteiger partial charge in [-0.25, -0.2) is 9.59 Å². The number of rotatable bonds is 4. The lowest BCUT2D eigenvalue weighted by Crippen LogP contribution is -2.24. The molecule has 0 saturated carbocycles. The molecule has 0 N–H and O–H groups in total. The molecule has 8 heteroatoms. The number of aliphatic imine (C=N–C) groups is 1. The number of esters is 1. The lowest BCUT2D eigenvalue weighted by molar-refractivity contribution is -0.384. The second-order valence-corrected chi connectivity index (χ2v) is 5.68. The van der Waals surface area contributed by atoms with Crippen LogP contribution < -0.4 is 0 Å². The molecule has 0 aliphatic carbocycles. The van der Waals surface area contributed by atoms with E-state index in [-0.39, 0.29) is 18.0 Å². The summed E-state index contributed by atoms with van der Waals surface area (Å²) in [7, 11) is 0. The number of carbonyl (C=O) groups excluding carboxylic acids is 2. The van der Waals surface area contributed by atoms with Crippen molar-refractivity contribution in [2.75, 3.05) is 0 Å². The van der Waals surface area contributed by atoms with Crippen LogP contribution in [0, 0.1) is 10.1 Å². The van der Waals surface area contributed by atoms with Crippen LogP contribution in [0.15, 0.2) is 29.3 Å². The van der Waals surface area contributed by atoms with Crippen molar-refractivity contribution >= 4 is 23.5 Å². The maximum absolute atomic E-state index is 11.7. The fraction of sp³-hybridized carbons (Fsp3) is 0.400. The first-order valence-corrected chi connectivity index (χ1v) is 6.77. The first-order valence-electron chi connectivity index (χ1n) is 6.77. The van der Waals surface area contributed by atoms with E-state index < -0.39 is 22.6 Å². The number of carbonyl (C=O) groups is 2. The molecule has 1 rings (SSSR count). The molecule has 1 aromatic carbocycles. The summed E-state index contributed by atoms with van der Waals surface area (Å²) < 4.78 is 9.93. The molecule has 0 fully saturated rings. The summed E-state index contributed by atoms with van der Waals surface area (Å²) in [5, 5.41) is 10.5. The van der Waals surface area contributed by atoms with Gasteiger partial charge in [-0.1, -0.05) is 0 Å². The summed E-state index contributed by atoms with van der Waals surface area (Å²) >= 11 is 0. The van der Waals surface area contributed by atoms with Gasteiger partial charge >= 0.3 is 12.1 Å². The van der Waals surface area contributed by atoms with Crippen molar-refractivity contribution in [1.82, 2.24) is 0 Å². The zero-order valence-electron chi connectivity index (χ0n) is 13.4. The van der Waals surface area contributed by atoms with Crippen molar-refractivity contribution in [2.45, 2.75) is 39.9 Å². The van der Waals surface area contributed by atoms with Crippen LogP contribution in [0.4, 0.5) is 10.5 Å². The number of nitro groups is 1. The highest BCUT2D eigenvalue weighted by Gasteiger charge is 2.17. The van der Waals surface area contributed by atoms with Crippen LogP contribution in [0.5, 0.6) is 0 Å². The summed E-state index contributed by atoms with van der Waals surface area (Å²) in [5.74, 6) is -0.769. The Morgan fingerprint density at radius 1 is 1.22 bits per heavy atom. The summed E-state index contributed by atoms with van der Waals surface area (Å²) in [6, 6.07) is 5.58. The van der Waals surface area contributed by atoms with Crippen LogP contribution >= 0.6 is 0 Å². The molecule has 0 saturated heterocycles. The van der Waals surface area contributed by atoms with Crippen LogP contribution in [-0.4, -0.2) is 28.3 Å². The fourth-order valence-electron chi connectivity index (χ4n) is 1.43. The summed E-state index contributed by atoms with van der Waals surface area (Å²) in [4.78, 5) is 36.7. The van der Waals surface area contributed by atoms with E-state index in [0.29, 0.717) is 5.56 Å². The lowest BCUT2D eigenvalue weighted by Gasteiger charge is -2.17. The summed E-state index contributed by atoms with van der Waals surface area (Å²) in [5.41, 5.74) is -0.318. The van der Waals surface area contributed by atoms with E-state index in [1.54, 1.807) is 20.8 Å². The average molecular weight is 322 g/mol. The number of nitrogens with zero attached hydrogens (tertiary/aromatic N) is 2. The molecule has 0 atom stereocenters. The normalized spacial score (nSPS) is 11.7. The Kier molecular flexibility index (Phi) is 5.94. The third kappa shape index (κ3) is 6.68. The minimum atomic E-state index is -0.873. The van der Waals surface area contributed by atoms with Gasteiger partial charge in [-0.2, -0.15) is 4.99 Å². The van der Waals surface area contributed by atoms with E-state index in [4.69, 9.17) is 9.47 Å². The Labute approximate surface area is 133 Å². The van der Waals surface area contributed by atoms with Gasteiger partial charge in [0, 0.05) is 12.1 Å². The highest BCUT2D eigenvalue weighted by molar-refractivity contribution is 6.36. The molecular weight excluding hydrogens is 304 g/mol. The number of hydrogen-bond acceptors (Lipinski definition) is 6. The largest absolute Gasteiger partial charge is 0.456 e. The fourth-order valence-corrected chi connectivity index (χ4v) is 1.43. The molecule has 1 aromatic rings. The Morgan fingerprint density at radius 2 is 1.78 bits per heavy atom. The van der Waals surface area contributed by atoms with Crippen molar-refractivity contribution < 1.29 is 24.0 Å². The van der Waals surface area contributed by atoms with Crippen molar-refractivity contribution in [3.8, 4) is 0 Å². The summed E-state index contributed by atoms with van der Waals surface area (Å²) in [6.07, 6.45) is -0.873. The van der Waals surface area contributed by atoms with E-state index in [9.17, 15) is 19.7 Å². The van der Waals surface area contributed by atoms with Gasteiger partial charge in [0.25, 0.3) is 5.69 Å². The molecule has 0 unspecified atom stereocenters. The minimum absolute atomic E-state index is 0.0530. The molecule has 1 amide bonds. The maximum Gasteiger partial charge on any atom is 0.434 e. The number of nitro benzene ring substituents is 1. The predicted molar refractivity (Wildman–Crippen MR) is 82.2 cm³/mol. The van der Waals surface area contributed by atoms with Crippen LogP contribution in [-0.2, 0) is 20.9 Å². The van der Waals surface area contributed by atoms with Crippen LogP contribution in [0.3, 0.4) is 0 Å². The third-order valence-electron chi connectivity index (χ3n) is 2.46. The van der Waals surface area contributed by atoms with Gasteiger partial charge in [-0.05, 0) is 45.4 Å². The number of benzene rings is 1. The highest BCUT2D eigenvalue weighted by atomic mass is 16.6. The van der Waals surface area contributed by atoms with Gasteiger partial charge in [0.05, 0.1) is 4.92 Å². The van der Waals surface area contributed by atoms with Crippen molar-refractivity contribution in [2.24, 2.45) is 4.99 Å². The monoisotopic (exact) mass is 322 g/mol. The smallest absolute Gasteiger partial charge is 0.434 e. The molecule has 0 aliphatic rings. The van der Waals surface area contributed by atoms with Crippen LogP contribution in [0.1, 0.15) is 33.3 Å². The molecule has 23 heavy (non-hydrogen) atoms. The Hall–Kier alpha value is -2.77. The highest BCUT2D eigenvalue weighted by Crippen LogP contribution is 2.13. The zero-order valence-corrected chi connectivity index (χ0v) is 13.4. The molecule has 8 nitrogen and oxygen atoms in total. The van der Waals surface area contributed by atoms with Crippen LogP contribution in [0.2, 0.25) is 0 Å². The SMILES string of the molecule is CC(=NC(=O)OC(C)(C)C)C(=O)OCc1ccc([N+](=O)[O-])cc1. The van der Waals surface area contributed by atoms with Gasteiger partial charge in [0.2, 0.25) is 0 Å². The van der Waals surface area contributed by atoms with Crippen molar-refractivity contribution in [1.29, 1.82) is 0 Å². The topological polar surface area (TPSA) is 108 Å². The Morgan fingerprint density at radius 3 is 2.26 bits per heavy atom. The van der Waals surface area contributed by atoms with Gasteiger partial charge in [-0.15, -0.1) is 0 Å². The van der Waals surface area contributed by atoms with Gasteiger partial charge in [-0.3, -0.25) is 10.1 Å². The molecule has 0 radical (unpaired) electrons. The van der Waals surface area contributed by atoms with Gasteiger partial charge < -0.3 is 9.47 Å². The molecular formula is C15H18N2O6. The van der Waals surface area contributed by atoms with E-state index in [1.165, 1.54) is 31.2 Å². The molecule has 0 spiro atoms. The number of hydrogen-bond donors (Lipinski definition) is 0. The molecule has 124 valence electrons.